The zero-order chi connectivity index (χ0) is 7.19. The Labute approximate surface area is 59.6 Å². The van der Waals surface area contributed by atoms with Gasteiger partial charge in [-0.3, -0.25) is 4.68 Å². The van der Waals surface area contributed by atoms with Crippen LogP contribution < -0.4 is 0 Å². The van der Waals surface area contributed by atoms with Crippen molar-refractivity contribution in [2.24, 2.45) is 7.05 Å². The molecule has 0 saturated carbocycles. The van der Waals surface area contributed by atoms with Crippen LogP contribution in [0.5, 0.6) is 0 Å². The minimum atomic E-state index is -0.0196. The van der Waals surface area contributed by atoms with Crippen molar-refractivity contribution in [3.63, 3.8) is 0 Å². The molecule has 1 fully saturated rings. The van der Waals surface area contributed by atoms with Gasteiger partial charge in [0.15, 0.2) is 0 Å². The lowest BCUT2D eigenvalue weighted by atomic mass is 10.1. The minimum Gasteiger partial charge on any atom is -0.365 e. The van der Waals surface area contributed by atoms with Gasteiger partial charge in [0.25, 0.3) is 0 Å². The molecule has 0 bridgehead atoms. The quantitative estimate of drug-likeness (QED) is 0.534. The molecule has 1 atom stereocenters. The third kappa shape index (κ3) is 0.743. The molecule has 3 nitrogen and oxygen atoms in total. The summed E-state index contributed by atoms with van der Waals surface area (Å²) in [5, 5.41) is 4.06. The molecule has 1 unspecified atom stereocenters. The molecular weight excluding hydrogens is 128 g/mol. The molecule has 10 heavy (non-hydrogen) atoms. The van der Waals surface area contributed by atoms with Crippen LogP contribution in [0.4, 0.5) is 0 Å². The molecule has 0 aromatic carbocycles. The van der Waals surface area contributed by atoms with E-state index in [2.05, 4.69) is 12.0 Å². The van der Waals surface area contributed by atoms with Crippen LogP contribution in [0, 0.1) is 0 Å². The lowest BCUT2D eigenvalue weighted by Gasteiger charge is -1.96. The first-order chi connectivity index (χ1) is 4.71. The smallest absolute Gasteiger partial charge is 0.117 e. The summed E-state index contributed by atoms with van der Waals surface area (Å²) >= 11 is 0. The second-order valence-corrected chi connectivity index (χ2v) is 2.92. The number of hydrogen-bond acceptors (Lipinski definition) is 2. The summed E-state index contributed by atoms with van der Waals surface area (Å²) < 4.78 is 7.04. The maximum Gasteiger partial charge on any atom is 0.117 e. The second-order valence-electron chi connectivity index (χ2n) is 2.92. The molecule has 1 saturated heterocycles. The fraction of sp³-hybridized carbons (Fsp3) is 0.571. The summed E-state index contributed by atoms with van der Waals surface area (Å²) in [7, 11) is 1.91. The molecule has 0 N–H and O–H groups in total. The summed E-state index contributed by atoms with van der Waals surface area (Å²) in [6.07, 6.45) is 3.85. The Bertz CT molecular complexity index is 250. The number of epoxide rings is 1. The van der Waals surface area contributed by atoms with Crippen molar-refractivity contribution in [2.75, 3.05) is 6.61 Å². The van der Waals surface area contributed by atoms with Crippen LogP contribution in [-0.4, -0.2) is 16.4 Å². The fourth-order valence-corrected chi connectivity index (χ4v) is 0.969. The van der Waals surface area contributed by atoms with Crippen LogP contribution in [0.1, 0.15) is 12.5 Å². The largest absolute Gasteiger partial charge is 0.365 e. The first kappa shape index (κ1) is 5.92. The lowest BCUT2D eigenvalue weighted by molar-refractivity contribution is 0.329. The Morgan fingerprint density at radius 2 is 2.50 bits per heavy atom. The molecule has 2 rings (SSSR count). The molecule has 0 aliphatic carbocycles. The van der Waals surface area contributed by atoms with Crippen LogP contribution in [0.3, 0.4) is 0 Å². The van der Waals surface area contributed by atoms with E-state index in [1.54, 1.807) is 4.68 Å². The van der Waals surface area contributed by atoms with E-state index in [-0.39, 0.29) is 5.60 Å². The van der Waals surface area contributed by atoms with E-state index in [0.29, 0.717) is 0 Å². The maximum atomic E-state index is 5.24. The van der Waals surface area contributed by atoms with Crippen molar-refractivity contribution in [2.45, 2.75) is 12.5 Å². The third-order valence-electron chi connectivity index (χ3n) is 1.89. The number of aromatic nitrogens is 2. The van der Waals surface area contributed by atoms with Gasteiger partial charge in [-0.1, -0.05) is 0 Å². The summed E-state index contributed by atoms with van der Waals surface area (Å²) in [6.45, 7) is 2.91. The number of nitrogens with zero attached hydrogens (tertiary/aromatic N) is 2. The third-order valence-corrected chi connectivity index (χ3v) is 1.89. The monoisotopic (exact) mass is 138 g/mol. The minimum absolute atomic E-state index is 0.0196. The number of ether oxygens (including phenoxy) is 1. The highest BCUT2D eigenvalue weighted by Gasteiger charge is 2.42. The molecule has 3 heteroatoms. The van der Waals surface area contributed by atoms with Gasteiger partial charge in [-0.2, -0.15) is 5.10 Å². The van der Waals surface area contributed by atoms with Crippen LogP contribution in [-0.2, 0) is 17.4 Å². The molecule has 1 aromatic rings. The molecule has 1 aliphatic heterocycles. The predicted molar refractivity (Wildman–Crippen MR) is 36.5 cm³/mol. The van der Waals surface area contributed by atoms with Gasteiger partial charge in [0.05, 0.1) is 12.8 Å². The van der Waals surface area contributed by atoms with Gasteiger partial charge < -0.3 is 4.74 Å². The van der Waals surface area contributed by atoms with E-state index in [0.717, 1.165) is 6.61 Å². The molecule has 0 amide bonds. The summed E-state index contributed by atoms with van der Waals surface area (Å²) in [5.74, 6) is 0. The normalized spacial score (nSPS) is 30.6. The van der Waals surface area contributed by atoms with Gasteiger partial charge >= 0.3 is 0 Å². The summed E-state index contributed by atoms with van der Waals surface area (Å²) in [4.78, 5) is 0. The fourth-order valence-electron chi connectivity index (χ4n) is 0.969. The highest BCUT2D eigenvalue weighted by molar-refractivity contribution is 5.19. The number of hydrogen-bond donors (Lipinski definition) is 0. The van der Waals surface area contributed by atoms with E-state index in [1.165, 1.54) is 5.56 Å². The van der Waals surface area contributed by atoms with E-state index in [9.17, 15) is 0 Å². The van der Waals surface area contributed by atoms with Crippen molar-refractivity contribution in [1.82, 2.24) is 9.78 Å². The van der Waals surface area contributed by atoms with Gasteiger partial charge in [-0.05, 0) is 6.92 Å². The predicted octanol–water partition coefficient (Wildman–Crippen LogP) is 0.665. The van der Waals surface area contributed by atoms with E-state index in [1.807, 2.05) is 19.4 Å². The van der Waals surface area contributed by atoms with Crippen LogP contribution >= 0.6 is 0 Å². The van der Waals surface area contributed by atoms with E-state index >= 15 is 0 Å². The average molecular weight is 138 g/mol. The first-order valence-corrected chi connectivity index (χ1v) is 3.34. The zero-order valence-corrected chi connectivity index (χ0v) is 6.16. The second kappa shape index (κ2) is 1.61. The van der Waals surface area contributed by atoms with Crippen molar-refractivity contribution in [3.05, 3.63) is 18.0 Å². The van der Waals surface area contributed by atoms with Crippen LogP contribution in [0.15, 0.2) is 12.4 Å². The van der Waals surface area contributed by atoms with Crippen molar-refractivity contribution < 1.29 is 4.74 Å². The Morgan fingerprint density at radius 3 is 2.90 bits per heavy atom. The van der Waals surface area contributed by atoms with Gasteiger partial charge in [-0.15, -0.1) is 0 Å². The maximum absolute atomic E-state index is 5.24. The molecule has 54 valence electrons. The standard InChI is InChI=1S/C7H10N2O/c1-7(5-10-7)6-3-8-9(2)4-6/h3-4H,5H2,1-2H3. The topological polar surface area (TPSA) is 30.4 Å². The molecule has 2 heterocycles. The summed E-state index contributed by atoms with van der Waals surface area (Å²) in [5.41, 5.74) is 1.16. The zero-order valence-electron chi connectivity index (χ0n) is 6.16. The Hall–Kier alpha value is -0.830. The lowest BCUT2D eigenvalue weighted by Crippen LogP contribution is -1.99. The van der Waals surface area contributed by atoms with Gasteiger partial charge in [-0.25, -0.2) is 0 Å². The Kier molecular flexibility index (Phi) is 0.951. The highest BCUT2D eigenvalue weighted by atomic mass is 16.6. The highest BCUT2D eigenvalue weighted by Crippen LogP contribution is 2.37. The number of aryl methyl sites for hydroxylation is 1. The van der Waals surface area contributed by atoms with Gasteiger partial charge in [0, 0.05) is 18.8 Å². The average Bonchev–Trinajstić information content (AvgIpc) is 2.45. The van der Waals surface area contributed by atoms with Crippen molar-refractivity contribution >= 4 is 0 Å². The molecule has 1 aliphatic rings. The Morgan fingerprint density at radius 1 is 1.80 bits per heavy atom. The molecule has 0 spiro atoms. The van der Waals surface area contributed by atoms with Crippen molar-refractivity contribution in [3.8, 4) is 0 Å². The Balaban J connectivity index is 2.34. The van der Waals surface area contributed by atoms with E-state index in [4.69, 9.17) is 4.74 Å². The first-order valence-electron chi connectivity index (χ1n) is 3.34. The van der Waals surface area contributed by atoms with Gasteiger partial charge in [0.1, 0.15) is 5.60 Å². The molecule has 0 radical (unpaired) electrons. The van der Waals surface area contributed by atoms with E-state index < -0.39 is 0 Å². The summed E-state index contributed by atoms with van der Waals surface area (Å²) in [6, 6.07) is 0. The van der Waals surface area contributed by atoms with Crippen molar-refractivity contribution in [1.29, 1.82) is 0 Å². The molecule has 1 aromatic heterocycles. The SMILES string of the molecule is Cn1cc(C2(C)CO2)cn1. The van der Waals surface area contributed by atoms with Crippen LogP contribution in [0.2, 0.25) is 0 Å². The molecular formula is C7H10N2O. The van der Waals surface area contributed by atoms with Crippen LogP contribution in [0.25, 0.3) is 0 Å². The number of rotatable bonds is 1. The van der Waals surface area contributed by atoms with Gasteiger partial charge in [0.2, 0.25) is 0 Å².